The third-order valence-electron chi connectivity index (χ3n) is 3.90. The second-order valence-electron chi connectivity index (χ2n) is 6.17. The van der Waals surface area contributed by atoms with E-state index in [9.17, 15) is 4.79 Å². The number of amides is 2. The van der Waals surface area contributed by atoms with Crippen LogP contribution in [-0.2, 0) is 6.42 Å². The maximum Gasteiger partial charge on any atom is 0.326 e. The predicted octanol–water partition coefficient (Wildman–Crippen LogP) is 4.46. The molecule has 2 aromatic carbocycles. The molecule has 0 fully saturated rings. The van der Waals surface area contributed by atoms with Crippen molar-refractivity contribution in [3.8, 4) is 5.75 Å². The zero-order valence-corrected chi connectivity index (χ0v) is 13.7. The largest absolute Gasteiger partial charge is 0.491 e. The van der Waals surface area contributed by atoms with Crippen LogP contribution >= 0.6 is 0 Å². The zero-order chi connectivity index (χ0) is 16.4. The fourth-order valence-electron chi connectivity index (χ4n) is 2.95. The number of fused-ring (bicyclic) bond motifs is 1. The van der Waals surface area contributed by atoms with Gasteiger partial charge in [-0.05, 0) is 63.1 Å². The zero-order valence-electron chi connectivity index (χ0n) is 13.7. The first kappa shape index (κ1) is 15.4. The van der Waals surface area contributed by atoms with Gasteiger partial charge < -0.3 is 10.1 Å². The molecule has 1 unspecified atom stereocenters. The van der Waals surface area contributed by atoms with Crippen LogP contribution < -0.4 is 15.0 Å². The van der Waals surface area contributed by atoms with E-state index in [0.29, 0.717) is 0 Å². The van der Waals surface area contributed by atoms with Crippen LogP contribution in [0.15, 0.2) is 48.5 Å². The van der Waals surface area contributed by atoms with Crippen molar-refractivity contribution in [2.75, 3.05) is 10.2 Å². The highest BCUT2D eigenvalue weighted by Gasteiger charge is 2.30. The normalized spacial score (nSPS) is 16.3. The third kappa shape index (κ3) is 3.31. The first-order valence-electron chi connectivity index (χ1n) is 7.99. The molecule has 120 valence electrons. The molecule has 23 heavy (non-hydrogen) atoms. The summed E-state index contributed by atoms with van der Waals surface area (Å²) in [6, 6.07) is 15.6. The number of hydrogen-bond donors (Lipinski definition) is 1. The number of nitrogens with one attached hydrogen (secondary N) is 1. The van der Waals surface area contributed by atoms with Gasteiger partial charge in [0.15, 0.2) is 0 Å². The monoisotopic (exact) mass is 310 g/mol. The molecule has 0 saturated heterocycles. The number of anilines is 2. The Labute approximate surface area is 137 Å². The molecule has 0 aliphatic carbocycles. The molecule has 4 heteroatoms. The van der Waals surface area contributed by atoms with Crippen LogP contribution in [0.4, 0.5) is 16.2 Å². The molecule has 1 aliphatic rings. The Morgan fingerprint density at radius 3 is 2.57 bits per heavy atom. The van der Waals surface area contributed by atoms with Crippen LogP contribution in [0.1, 0.15) is 26.3 Å². The quantitative estimate of drug-likeness (QED) is 0.909. The summed E-state index contributed by atoms with van der Waals surface area (Å²) in [7, 11) is 0. The Bertz CT molecular complexity index is 695. The first-order valence-corrected chi connectivity index (χ1v) is 7.99. The maximum absolute atomic E-state index is 12.6. The van der Waals surface area contributed by atoms with Crippen LogP contribution in [0.25, 0.3) is 0 Å². The Balaban J connectivity index is 1.72. The van der Waals surface area contributed by atoms with E-state index in [1.165, 1.54) is 5.56 Å². The lowest BCUT2D eigenvalue weighted by Crippen LogP contribution is -2.39. The van der Waals surface area contributed by atoms with Gasteiger partial charge in [-0.2, -0.15) is 0 Å². The van der Waals surface area contributed by atoms with Crippen LogP contribution in [0.3, 0.4) is 0 Å². The lowest BCUT2D eigenvalue weighted by Gasteiger charge is -2.23. The van der Waals surface area contributed by atoms with Crippen LogP contribution in [-0.4, -0.2) is 18.2 Å². The maximum atomic E-state index is 12.6. The Morgan fingerprint density at radius 2 is 1.87 bits per heavy atom. The summed E-state index contributed by atoms with van der Waals surface area (Å²) in [5, 5.41) is 2.97. The van der Waals surface area contributed by atoms with Crippen LogP contribution in [0.2, 0.25) is 0 Å². The van der Waals surface area contributed by atoms with E-state index in [-0.39, 0.29) is 18.2 Å². The fourth-order valence-corrected chi connectivity index (χ4v) is 2.95. The van der Waals surface area contributed by atoms with E-state index < -0.39 is 0 Å². The van der Waals surface area contributed by atoms with E-state index in [2.05, 4.69) is 18.3 Å². The number of rotatable bonds is 3. The SMILES string of the molecule is CC(C)Oc1ccc(NC(=O)N2c3ccccc3CC2C)cc1. The second kappa shape index (κ2) is 6.32. The van der Waals surface area contributed by atoms with Gasteiger partial charge in [-0.15, -0.1) is 0 Å². The topological polar surface area (TPSA) is 41.6 Å². The van der Waals surface area contributed by atoms with Gasteiger partial charge in [-0.3, -0.25) is 4.90 Å². The number of hydrogen-bond acceptors (Lipinski definition) is 2. The molecule has 0 bridgehead atoms. The van der Waals surface area contributed by atoms with Crippen molar-refractivity contribution in [2.45, 2.75) is 39.3 Å². The van der Waals surface area contributed by atoms with Gasteiger partial charge in [0.2, 0.25) is 0 Å². The summed E-state index contributed by atoms with van der Waals surface area (Å²) in [6.07, 6.45) is 1.03. The lowest BCUT2D eigenvalue weighted by molar-refractivity contribution is 0.242. The predicted molar refractivity (Wildman–Crippen MR) is 93.3 cm³/mol. The summed E-state index contributed by atoms with van der Waals surface area (Å²) in [6.45, 7) is 6.04. The minimum atomic E-state index is -0.0972. The third-order valence-corrected chi connectivity index (χ3v) is 3.90. The van der Waals surface area contributed by atoms with E-state index in [1.54, 1.807) is 0 Å². The number of carbonyl (C=O) groups is 1. The van der Waals surface area contributed by atoms with Gasteiger partial charge in [0.05, 0.1) is 6.10 Å². The molecule has 3 rings (SSSR count). The molecule has 2 amide bonds. The molecule has 0 saturated carbocycles. The van der Waals surface area contributed by atoms with E-state index in [1.807, 2.05) is 61.2 Å². The van der Waals surface area contributed by atoms with Crippen molar-refractivity contribution in [1.29, 1.82) is 0 Å². The molecule has 0 radical (unpaired) electrons. The highest BCUT2D eigenvalue weighted by Crippen LogP contribution is 2.32. The lowest BCUT2D eigenvalue weighted by atomic mass is 10.1. The average molecular weight is 310 g/mol. The average Bonchev–Trinajstić information content (AvgIpc) is 2.84. The number of carbonyl (C=O) groups excluding carboxylic acids is 1. The Kier molecular flexibility index (Phi) is 4.24. The first-order chi connectivity index (χ1) is 11.0. The molecule has 1 aliphatic heterocycles. The summed E-state index contributed by atoms with van der Waals surface area (Å²) in [4.78, 5) is 14.5. The van der Waals surface area contributed by atoms with Crippen molar-refractivity contribution in [2.24, 2.45) is 0 Å². The number of benzene rings is 2. The molecule has 0 aromatic heterocycles. The fraction of sp³-hybridized carbons (Fsp3) is 0.316. The number of ether oxygens (including phenoxy) is 1. The van der Waals surface area contributed by atoms with Gasteiger partial charge >= 0.3 is 6.03 Å². The summed E-state index contributed by atoms with van der Waals surface area (Å²) in [5.41, 5.74) is 2.98. The van der Waals surface area contributed by atoms with Gasteiger partial charge in [-0.1, -0.05) is 18.2 Å². The molecule has 4 nitrogen and oxygen atoms in total. The van der Waals surface area contributed by atoms with E-state index >= 15 is 0 Å². The highest BCUT2D eigenvalue weighted by molar-refractivity contribution is 6.03. The molecular formula is C19H22N2O2. The summed E-state index contributed by atoms with van der Waals surface area (Å²) >= 11 is 0. The van der Waals surface area contributed by atoms with Crippen molar-refractivity contribution in [3.63, 3.8) is 0 Å². The molecule has 0 spiro atoms. The van der Waals surface area contributed by atoms with Gasteiger partial charge in [-0.25, -0.2) is 4.79 Å². The minimum Gasteiger partial charge on any atom is -0.491 e. The summed E-state index contributed by atoms with van der Waals surface area (Å²) in [5.74, 6) is 0.804. The molecule has 1 atom stereocenters. The summed E-state index contributed by atoms with van der Waals surface area (Å²) < 4.78 is 5.61. The highest BCUT2D eigenvalue weighted by atomic mass is 16.5. The molecular weight excluding hydrogens is 288 g/mol. The van der Waals surface area contributed by atoms with Crippen molar-refractivity contribution >= 4 is 17.4 Å². The Hall–Kier alpha value is -2.49. The number of urea groups is 1. The molecule has 2 aromatic rings. The van der Waals surface area contributed by atoms with Crippen molar-refractivity contribution in [3.05, 3.63) is 54.1 Å². The number of nitrogens with zero attached hydrogens (tertiary/aromatic N) is 1. The van der Waals surface area contributed by atoms with E-state index in [0.717, 1.165) is 23.5 Å². The van der Waals surface area contributed by atoms with Gasteiger partial charge in [0.1, 0.15) is 5.75 Å². The Morgan fingerprint density at radius 1 is 1.17 bits per heavy atom. The van der Waals surface area contributed by atoms with Gasteiger partial charge in [0, 0.05) is 17.4 Å². The van der Waals surface area contributed by atoms with Crippen LogP contribution in [0, 0.1) is 0 Å². The van der Waals surface area contributed by atoms with Crippen LogP contribution in [0.5, 0.6) is 5.75 Å². The standard InChI is InChI=1S/C19H22N2O2/c1-13(2)23-17-10-8-16(9-11-17)20-19(22)21-14(3)12-15-6-4-5-7-18(15)21/h4-11,13-14H,12H2,1-3H3,(H,20,22). The smallest absolute Gasteiger partial charge is 0.326 e. The van der Waals surface area contributed by atoms with Crippen molar-refractivity contribution in [1.82, 2.24) is 0 Å². The van der Waals surface area contributed by atoms with Gasteiger partial charge in [0.25, 0.3) is 0 Å². The number of para-hydroxylation sites is 1. The molecule has 1 N–H and O–H groups in total. The molecule has 1 heterocycles. The second-order valence-corrected chi connectivity index (χ2v) is 6.17. The van der Waals surface area contributed by atoms with E-state index in [4.69, 9.17) is 4.74 Å². The minimum absolute atomic E-state index is 0.0972. The van der Waals surface area contributed by atoms with Crippen molar-refractivity contribution < 1.29 is 9.53 Å².